The standard InChI is InChI=1S/C32H39N7O4/c1-31(2,3)43-30(41)37-32(10-11-32)20-42-29-35-26-19-38(27-17-23(40)16-21-6-4-5-7-24(21)27)14-9-25(26)28(36-29)39-15-13-34-22(18-39)8-12-33/h4-7,16-17,22,34,40H,8-11,13-15,18-20H2,1-3H3,(H,37,41)/t22-/m0/s1. The summed E-state index contributed by atoms with van der Waals surface area (Å²) in [6.45, 7) is 9.21. The zero-order valence-corrected chi connectivity index (χ0v) is 25.0. The number of aromatic nitrogens is 2. The maximum Gasteiger partial charge on any atom is 0.408 e. The Morgan fingerprint density at radius 3 is 2.79 bits per heavy atom. The maximum absolute atomic E-state index is 12.5. The molecule has 226 valence electrons. The van der Waals surface area contributed by atoms with E-state index in [1.807, 2.05) is 45.0 Å². The van der Waals surface area contributed by atoms with Crippen LogP contribution in [0, 0.1) is 11.3 Å². The van der Waals surface area contributed by atoms with Crippen molar-refractivity contribution in [3.63, 3.8) is 0 Å². The van der Waals surface area contributed by atoms with Crippen molar-refractivity contribution in [1.82, 2.24) is 20.6 Å². The highest BCUT2D eigenvalue weighted by Gasteiger charge is 2.46. The summed E-state index contributed by atoms with van der Waals surface area (Å²) < 4.78 is 11.7. The van der Waals surface area contributed by atoms with Crippen LogP contribution in [0.2, 0.25) is 0 Å². The van der Waals surface area contributed by atoms with Crippen molar-refractivity contribution in [2.45, 2.75) is 70.2 Å². The third-order valence-corrected chi connectivity index (χ3v) is 8.18. The number of phenols is 1. The molecule has 3 aromatic rings. The fraction of sp³-hybridized carbons (Fsp3) is 0.500. The van der Waals surface area contributed by atoms with Crippen LogP contribution in [0.4, 0.5) is 16.3 Å². The smallest absolute Gasteiger partial charge is 0.408 e. The lowest BCUT2D eigenvalue weighted by Crippen LogP contribution is -2.51. The predicted molar refractivity (Wildman–Crippen MR) is 163 cm³/mol. The first-order valence-corrected chi connectivity index (χ1v) is 15.0. The highest BCUT2D eigenvalue weighted by molar-refractivity contribution is 5.95. The molecule has 0 bridgehead atoms. The van der Waals surface area contributed by atoms with Crippen molar-refractivity contribution < 1.29 is 19.4 Å². The number of nitrogens with one attached hydrogen (secondary N) is 2. The number of phenolic OH excluding ortho intramolecular Hbond substituents is 1. The van der Waals surface area contributed by atoms with E-state index in [9.17, 15) is 15.2 Å². The van der Waals surface area contributed by atoms with Crippen LogP contribution in [0.1, 0.15) is 51.3 Å². The van der Waals surface area contributed by atoms with Gasteiger partial charge in [-0.15, -0.1) is 0 Å². The van der Waals surface area contributed by atoms with E-state index < -0.39 is 17.2 Å². The van der Waals surface area contributed by atoms with E-state index in [1.165, 1.54) is 0 Å². The second kappa shape index (κ2) is 11.4. The van der Waals surface area contributed by atoms with Gasteiger partial charge in [0.25, 0.3) is 0 Å². The van der Waals surface area contributed by atoms with Gasteiger partial charge in [0.05, 0.1) is 30.3 Å². The minimum absolute atomic E-state index is 0.0558. The van der Waals surface area contributed by atoms with Gasteiger partial charge in [-0.2, -0.15) is 15.2 Å². The van der Waals surface area contributed by atoms with Gasteiger partial charge < -0.3 is 35.0 Å². The molecule has 1 aliphatic carbocycles. The lowest BCUT2D eigenvalue weighted by atomic mass is 10.0. The van der Waals surface area contributed by atoms with Gasteiger partial charge in [0.15, 0.2) is 0 Å². The summed E-state index contributed by atoms with van der Waals surface area (Å²) in [6, 6.07) is 14.3. The number of hydrogen-bond donors (Lipinski definition) is 3. The molecule has 0 unspecified atom stereocenters. The molecule has 2 aliphatic heterocycles. The minimum atomic E-state index is -0.586. The Morgan fingerprint density at radius 1 is 1.21 bits per heavy atom. The first kappa shape index (κ1) is 28.8. The van der Waals surface area contributed by atoms with Crippen LogP contribution >= 0.6 is 0 Å². The number of fused-ring (bicyclic) bond motifs is 2. The quantitative estimate of drug-likeness (QED) is 0.373. The molecule has 3 aliphatic rings. The van der Waals surface area contributed by atoms with Crippen molar-refractivity contribution >= 4 is 28.4 Å². The Kier molecular flexibility index (Phi) is 7.65. The Hall–Kier alpha value is -4.30. The lowest BCUT2D eigenvalue weighted by Gasteiger charge is -2.37. The van der Waals surface area contributed by atoms with Crippen molar-refractivity contribution in [2.75, 3.05) is 42.6 Å². The van der Waals surface area contributed by atoms with E-state index in [2.05, 4.69) is 32.6 Å². The molecule has 1 saturated carbocycles. The summed E-state index contributed by atoms with van der Waals surface area (Å²) in [7, 11) is 0. The second-order valence-corrected chi connectivity index (χ2v) is 12.8. The molecule has 6 rings (SSSR count). The fourth-order valence-corrected chi connectivity index (χ4v) is 5.90. The van der Waals surface area contributed by atoms with Gasteiger partial charge in [-0.1, -0.05) is 24.3 Å². The number of aromatic hydroxyl groups is 1. The average molecular weight is 586 g/mol. The second-order valence-electron chi connectivity index (χ2n) is 12.8. The highest BCUT2D eigenvalue weighted by Crippen LogP contribution is 2.38. The first-order valence-electron chi connectivity index (χ1n) is 15.0. The summed E-state index contributed by atoms with van der Waals surface area (Å²) >= 11 is 0. The largest absolute Gasteiger partial charge is 0.508 e. The van der Waals surface area contributed by atoms with Crippen LogP contribution < -0.4 is 25.2 Å². The minimum Gasteiger partial charge on any atom is -0.508 e. The monoisotopic (exact) mass is 585 g/mol. The number of hydrogen-bond acceptors (Lipinski definition) is 10. The van der Waals surface area contributed by atoms with Crippen LogP contribution in [-0.4, -0.2) is 71.1 Å². The van der Waals surface area contributed by atoms with Crippen molar-refractivity contribution in [3.8, 4) is 17.8 Å². The summed E-state index contributed by atoms with van der Waals surface area (Å²) in [4.78, 5) is 26.8. The number of nitriles is 1. The van der Waals surface area contributed by atoms with Gasteiger partial charge in [0.2, 0.25) is 0 Å². The van der Waals surface area contributed by atoms with Crippen LogP contribution in [0.3, 0.4) is 0 Å². The normalized spacial score (nSPS) is 19.3. The van der Waals surface area contributed by atoms with Crippen molar-refractivity contribution in [1.29, 1.82) is 5.26 Å². The van der Waals surface area contributed by atoms with E-state index >= 15 is 0 Å². The molecular formula is C32H39N7O4. The highest BCUT2D eigenvalue weighted by atomic mass is 16.6. The van der Waals surface area contributed by atoms with Crippen LogP contribution in [0.25, 0.3) is 10.8 Å². The average Bonchev–Trinajstić information content (AvgIpc) is 3.73. The summed E-state index contributed by atoms with van der Waals surface area (Å²) in [5.74, 6) is 1.07. The molecule has 1 saturated heterocycles. The van der Waals surface area contributed by atoms with Crippen LogP contribution in [0.15, 0.2) is 36.4 Å². The Labute approximate surface area is 251 Å². The van der Waals surface area contributed by atoms with E-state index in [0.717, 1.165) is 72.4 Å². The molecule has 2 fully saturated rings. The summed E-state index contributed by atoms with van der Waals surface area (Å²) in [5, 5.41) is 28.3. The SMILES string of the molecule is CC(C)(C)OC(=O)NC1(COc2nc3c(c(N4CCN[C@@H](CC#N)C4)n2)CCN(c2cc(O)cc4ccccc24)C3)CC1. The predicted octanol–water partition coefficient (Wildman–Crippen LogP) is 4.03. The number of benzene rings is 2. The summed E-state index contributed by atoms with van der Waals surface area (Å²) in [5.41, 5.74) is 1.83. The third kappa shape index (κ3) is 6.54. The van der Waals surface area contributed by atoms with E-state index in [0.29, 0.717) is 19.5 Å². The van der Waals surface area contributed by atoms with Gasteiger partial charge in [-0.3, -0.25) is 0 Å². The maximum atomic E-state index is 12.5. The molecule has 3 N–H and O–H groups in total. The van der Waals surface area contributed by atoms with E-state index in [4.69, 9.17) is 19.4 Å². The first-order chi connectivity index (χ1) is 20.6. The Balaban J connectivity index is 1.29. The molecule has 2 aromatic carbocycles. The molecule has 0 spiro atoms. The number of rotatable bonds is 7. The number of nitrogens with zero attached hydrogens (tertiary/aromatic N) is 5. The Bertz CT molecular complexity index is 1560. The molecule has 1 aromatic heterocycles. The molecule has 1 amide bonds. The molecule has 0 radical (unpaired) electrons. The zero-order chi connectivity index (χ0) is 30.2. The number of anilines is 2. The number of carbonyl (C=O) groups excluding carboxylic acids is 1. The van der Waals surface area contributed by atoms with Crippen molar-refractivity contribution in [3.05, 3.63) is 47.7 Å². The van der Waals surface area contributed by atoms with E-state index in [-0.39, 0.29) is 24.4 Å². The fourth-order valence-electron chi connectivity index (χ4n) is 5.90. The number of carbonyl (C=O) groups is 1. The van der Waals surface area contributed by atoms with Gasteiger partial charge >= 0.3 is 12.1 Å². The molecule has 43 heavy (non-hydrogen) atoms. The molecule has 1 atom stereocenters. The molecular weight excluding hydrogens is 546 g/mol. The topological polar surface area (TPSA) is 136 Å². The lowest BCUT2D eigenvalue weighted by molar-refractivity contribution is 0.0475. The van der Waals surface area contributed by atoms with E-state index in [1.54, 1.807) is 6.07 Å². The molecule has 11 heteroatoms. The zero-order valence-electron chi connectivity index (χ0n) is 25.0. The molecule has 11 nitrogen and oxygen atoms in total. The van der Waals surface area contributed by atoms with Gasteiger partial charge in [0, 0.05) is 54.9 Å². The van der Waals surface area contributed by atoms with Crippen LogP contribution in [-0.2, 0) is 17.7 Å². The summed E-state index contributed by atoms with van der Waals surface area (Å²) in [6.07, 6.45) is 2.27. The van der Waals surface area contributed by atoms with Crippen LogP contribution in [0.5, 0.6) is 11.8 Å². The number of amides is 1. The van der Waals surface area contributed by atoms with Gasteiger partial charge in [0.1, 0.15) is 23.8 Å². The van der Waals surface area contributed by atoms with Gasteiger partial charge in [-0.05, 0) is 51.5 Å². The third-order valence-electron chi connectivity index (χ3n) is 8.18. The number of ether oxygens (including phenoxy) is 2. The molecule has 3 heterocycles. The Morgan fingerprint density at radius 2 is 2.02 bits per heavy atom. The van der Waals surface area contributed by atoms with Gasteiger partial charge in [-0.25, -0.2) is 4.79 Å². The number of piperazine rings is 1. The van der Waals surface area contributed by atoms with Crippen molar-refractivity contribution in [2.24, 2.45) is 0 Å². The number of alkyl carbamates (subject to hydrolysis) is 1.